The van der Waals surface area contributed by atoms with Crippen LogP contribution in [0.4, 0.5) is 10.5 Å². The first-order valence-corrected chi connectivity index (χ1v) is 7.56. The molecule has 0 fully saturated rings. The zero-order valence-corrected chi connectivity index (χ0v) is 14.6. The van der Waals surface area contributed by atoms with Crippen LogP contribution in [0.5, 0.6) is 5.88 Å². The van der Waals surface area contributed by atoms with E-state index in [1.54, 1.807) is 20.8 Å². The number of carbonyl (C=O) groups excluding carboxylic acids is 1. The second-order valence-electron chi connectivity index (χ2n) is 6.28. The van der Waals surface area contributed by atoms with E-state index in [9.17, 15) is 25.1 Å². The summed E-state index contributed by atoms with van der Waals surface area (Å²) >= 11 is 0. The molecular weight excluding hydrogens is 334 g/mol. The Hall–Kier alpha value is -2.46. The van der Waals surface area contributed by atoms with Crippen LogP contribution in [-0.2, 0) is 4.74 Å². The summed E-state index contributed by atoms with van der Waals surface area (Å²) < 4.78 is 9.81. The number of aliphatic hydroxyl groups excluding tert-OH is 2. The van der Waals surface area contributed by atoms with Crippen molar-refractivity contribution < 1.29 is 29.4 Å². The normalized spacial score (nSPS) is 13.7. The van der Waals surface area contributed by atoms with Crippen molar-refractivity contribution in [3.63, 3.8) is 0 Å². The molecule has 1 aromatic heterocycles. The highest BCUT2D eigenvalue weighted by Gasteiger charge is 2.24. The Balaban J connectivity index is 2.64. The van der Waals surface area contributed by atoms with Gasteiger partial charge in [0.25, 0.3) is 5.88 Å². The Labute approximate surface area is 144 Å². The Kier molecular flexibility index (Phi) is 7.07. The van der Waals surface area contributed by atoms with E-state index in [1.807, 2.05) is 0 Å². The van der Waals surface area contributed by atoms with E-state index in [1.165, 1.54) is 13.3 Å². The summed E-state index contributed by atoms with van der Waals surface area (Å²) in [5.74, 6) is -0.193. The maximum absolute atomic E-state index is 11.5. The lowest BCUT2D eigenvalue weighted by Crippen LogP contribution is -2.34. The van der Waals surface area contributed by atoms with Crippen LogP contribution in [0, 0.1) is 10.1 Å². The van der Waals surface area contributed by atoms with E-state index in [-0.39, 0.29) is 24.4 Å². The van der Waals surface area contributed by atoms with Gasteiger partial charge in [0.05, 0.1) is 18.1 Å². The van der Waals surface area contributed by atoms with Crippen LogP contribution in [-0.4, -0.2) is 51.6 Å². The molecule has 3 N–H and O–H groups in total. The third-order valence-corrected chi connectivity index (χ3v) is 3.06. The average Bonchev–Trinajstić information content (AvgIpc) is 2.51. The fourth-order valence-corrected chi connectivity index (χ4v) is 1.92. The van der Waals surface area contributed by atoms with Crippen molar-refractivity contribution in [2.45, 2.75) is 45.0 Å². The Bertz CT molecular complexity index is 616. The number of aromatic nitrogens is 1. The lowest BCUT2D eigenvalue weighted by Gasteiger charge is -2.21. The summed E-state index contributed by atoms with van der Waals surface area (Å²) in [7, 11) is 1.24. The lowest BCUT2D eigenvalue weighted by atomic mass is 10.0. The number of hydrogen-bond acceptors (Lipinski definition) is 8. The van der Waals surface area contributed by atoms with Gasteiger partial charge in [0.1, 0.15) is 11.7 Å². The van der Waals surface area contributed by atoms with Gasteiger partial charge < -0.3 is 25.0 Å². The first-order valence-electron chi connectivity index (χ1n) is 7.56. The van der Waals surface area contributed by atoms with Gasteiger partial charge in [-0.1, -0.05) is 0 Å². The largest absolute Gasteiger partial charge is 0.476 e. The van der Waals surface area contributed by atoms with Gasteiger partial charge >= 0.3 is 11.8 Å². The summed E-state index contributed by atoms with van der Waals surface area (Å²) in [5.41, 5.74) is -0.994. The van der Waals surface area contributed by atoms with Crippen molar-refractivity contribution in [1.82, 2.24) is 10.3 Å². The maximum atomic E-state index is 11.5. The highest BCUT2D eigenvalue weighted by atomic mass is 16.6. The highest BCUT2D eigenvalue weighted by Crippen LogP contribution is 2.28. The topological polar surface area (TPSA) is 144 Å². The van der Waals surface area contributed by atoms with Gasteiger partial charge in [-0.05, 0) is 27.2 Å². The molecule has 0 bridgehead atoms. The van der Waals surface area contributed by atoms with E-state index in [4.69, 9.17) is 9.47 Å². The molecule has 10 heteroatoms. The Morgan fingerprint density at radius 3 is 2.60 bits per heavy atom. The van der Waals surface area contributed by atoms with Gasteiger partial charge in [-0.3, -0.25) is 10.1 Å². The van der Waals surface area contributed by atoms with E-state index < -0.39 is 34.5 Å². The minimum atomic E-state index is -1.41. The van der Waals surface area contributed by atoms with Gasteiger partial charge in [-0.2, -0.15) is 0 Å². The molecule has 0 saturated heterocycles. The van der Waals surface area contributed by atoms with E-state index >= 15 is 0 Å². The van der Waals surface area contributed by atoms with Gasteiger partial charge in [0.2, 0.25) is 0 Å². The number of nitrogens with one attached hydrogen (secondary N) is 1. The SMILES string of the molecule is COc1ncc(C(O)C(O)CCNC(=O)OC(C)(C)C)cc1[N+](=O)[O-]. The smallest absolute Gasteiger partial charge is 0.407 e. The Morgan fingerprint density at radius 2 is 2.08 bits per heavy atom. The van der Waals surface area contributed by atoms with Gasteiger partial charge in [0, 0.05) is 24.4 Å². The van der Waals surface area contributed by atoms with Crippen LogP contribution < -0.4 is 10.1 Å². The second-order valence-corrected chi connectivity index (χ2v) is 6.28. The molecule has 0 aliphatic carbocycles. The molecule has 25 heavy (non-hydrogen) atoms. The highest BCUT2D eigenvalue weighted by molar-refractivity contribution is 5.67. The third kappa shape index (κ3) is 6.51. The first kappa shape index (κ1) is 20.6. The van der Waals surface area contributed by atoms with Gasteiger partial charge in [-0.15, -0.1) is 0 Å². The van der Waals surface area contributed by atoms with Crippen LogP contribution in [0.25, 0.3) is 0 Å². The number of ether oxygens (including phenoxy) is 2. The summed E-state index contributed by atoms with van der Waals surface area (Å²) in [4.78, 5) is 25.5. The number of rotatable bonds is 7. The van der Waals surface area contributed by atoms with Crippen molar-refractivity contribution in [3.05, 3.63) is 27.9 Å². The van der Waals surface area contributed by atoms with E-state index in [2.05, 4.69) is 10.3 Å². The second kappa shape index (κ2) is 8.58. The van der Waals surface area contributed by atoms with Crippen molar-refractivity contribution in [3.8, 4) is 5.88 Å². The number of aliphatic hydroxyl groups is 2. The molecule has 1 rings (SSSR count). The van der Waals surface area contributed by atoms with Crippen molar-refractivity contribution in [1.29, 1.82) is 0 Å². The molecule has 1 amide bonds. The lowest BCUT2D eigenvalue weighted by molar-refractivity contribution is -0.386. The number of nitrogens with zero attached hydrogens (tertiary/aromatic N) is 2. The van der Waals surface area contributed by atoms with Crippen molar-refractivity contribution in [2.75, 3.05) is 13.7 Å². The molecular formula is C15H23N3O7. The zero-order chi connectivity index (χ0) is 19.2. The molecule has 140 valence electrons. The molecule has 0 aromatic carbocycles. The Morgan fingerprint density at radius 1 is 1.44 bits per heavy atom. The fourth-order valence-electron chi connectivity index (χ4n) is 1.92. The maximum Gasteiger partial charge on any atom is 0.407 e. The number of alkyl carbamates (subject to hydrolysis) is 1. The summed E-state index contributed by atoms with van der Waals surface area (Å²) in [6, 6.07) is 1.08. The van der Waals surface area contributed by atoms with Crippen LogP contribution in [0.15, 0.2) is 12.3 Å². The standard InChI is InChI=1S/C15H23N3O7/c1-15(2,3)25-14(21)16-6-5-11(19)12(20)9-7-10(18(22)23)13(24-4)17-8-9/h7-8,11-12,19-20H,5-6H2,1-4H3,(H,16,21). The first-order chi connectivity index (χ1) is 11.5. The van der Waals surface area contributed by atoms with Gasteiger partial charge in [-0.25, -0.2) is 9.78 Å². The minimum Gasteiger partial charge on any atom is -0.476 e. The van der Waals surface area contributed by atoms with Crippen LogP contribution in [0.1, 0.15) is 38.9 Å². The van der Waals surface area contributed by atoms with E-state index in [0.717, 1.165) is 6.07 Å². The predicted molar refractivity (Wildman–Crippen MR) is 87.3 cm³/mol. The number of methoxy groups -OCH3 is 1. The van der Waals surface area contributed by atoms with Crippen LogP contribution >= 0.6 is 0 Å². The summed E-state index contributed by atoms with van der Waals surface area (Å²) in [6.45, 7) is 5.21. The third-order valence-electron chi connectivity index (χ3n) is 3.06. The molecule has 0 saturated carbocycles. The zero-order valence-electron chi connectivity index (χ0n) is 14.6. The molecule has 2 unspecified atom stereocenters. The minimum absolute atomic E-state index is 0.0141. The predicted octanol–water partition coefficient (Wildman–Crippen LogP) is 1.31. The fraction of sp³-hybridized carbons (Fsp3) is 0.600. The number of carbonyl (C=O) groups is 1. The monoisotopic (exact) mass is 357 g/mol. The van der Waals surface area contributed by atoms with E-state index in [0.29, 0.717) is 0 Å². The molecule has 10 nitrogen and oxygen atoms in total. The summed E-state index contributed by atoms with van der Waals surface area (Å²) in [6.07, 6.45) is -2.11. The number of nitro groups is 1. The van der Waals surface area contributed by atoms with Crippen LogP contribution in [0.2, 0.25) is 0 Å². The molecule has 2 atom stereocenters. The molecule has 1 aromatic rings. The van der Waals surface area contributed by atoms with Crippen LogP contribution in [0.3, 0.4) is 0 Å². The van der Waals surface area contributed by atoms with Crippen molar-refractivity contribution >= 4 is 11.8 Å². The number of hydrogen-bond donors (Lipinski definition) is 3. The molecule has 0 spiro atoms. The quantitative estimate of drug-likeness (QED) is 0.489. The molecule has 0 aliphatic rings. The number of amides is 1. The molecule has 0 radical (unpaired) electrons. The molecule has 1 heterocycles. The van der Waals surface area contributed by atoms with Gasteiger partial charge in [0.15, 0.2) is 0 Å². The number of pyridine rings is 1. The van der Waals surface area contributed by atoms with Crippen molar-refractivity contribution in [2.24, 2.45) is 0 Å². The molecule has 0 aliphatic heterocycles. The summed E-state index contributed by atoms with van der Waals surface area (Å²) in [5, 5.41) is 33.5. The average molecular weight is 357 g/mol.